The second-order valence-corrected chi connectivity index (χ2v) is 6.36. The van der Waals surface area contributed by atoms with E-state index in [2.05, 4.69) is 34.0 Å². The summed E-state index contributed by atoms with van der Waals surface area (Å²) in [6, 6.07) is 13.9. The second-order valence-electron chi connectivity index (χ2n) is 5.11. The zero-order valence-electron chi connectivity index (χ0n) is 11.2. The zero-order chi connectivity index (χ0) is 13.9. The Labute approximate surface area is 132 Å². The molecule has 0 aliphatic heterocycles. The lowest BCUT2D eigenvalue weighted by Gasteiger charge is -2.19. The van der Waals surface area contributed by atoms with Crippen LogP contribution in [0.2, 0.25) is 0 Å². The number of benzene rings is 2. The minimum Gasteiger partial charge on any atom is -0.322 e. The highest BCUT2D eigenvalue weighted by Gasteiger charge is 2.14. The van der Waals surface area contributed by atoms with E-state index in [9.17, 15) is 4.79 Å². The standard InChI is InChI=1S/C17H16INO/c18-14-10-8-13(9-11-14)17(20)19-16-7-3-5-12-4-1-2-6-15(12)16/h3,5,7-11H,1-2,4,6H2,(H,19,20). The fraction of sp³-hybridized carbons (Fsp3) is 0.235. The molecule has 3 heteroatoms. The molecular formula is C17H16INO. The zero-order valence-corrected chi connectivity index (χ0v) is 13.3. The third-order valence-electron chi connectivity index (χ3n) is 3.75. The normalized spacial score (nSPS) is 13.7. The SMILES string of the molecule is O=C(Nc1cccc2c1CCCC2)c1ccc(I)cc1. The molecule has 2 aromatic rings. The Morgan fingerprint density at radius 1 is 1.00 bits per heavy atom. The van der Waals surface area contributed by atoms with Crippen molar-refractivity contribution in [1.82, 2.24) is 0 Å². The highest BCUT2D eigenvalue weighted by molar-refractivity contribution is 14.1. The van der Waals surface area contributed by atoms with Crippen LogP contribution in [0.3, 0.4) is 0 Å². The van der Waals surface area contributed by atoms with Crippen LogP contribution in [0.4, 0.5) is 5.69 Å². The molecule has 1 aliphatic rings. The molecule has 0 unspecified atom stereocenters. The van der Waals surface area contributed by atoms with Gasteiger partial charge in [0.1, 0.15) is 0 Å². The van der Waals surface area contributed by atoms with Gasteiger partial charge >= 0.3 is 0 Å². The minimum atomic E-state index is -0.0274. The number of halogens is 1. The Hall–Kier alpha value is -1.36. The Morgan fingerprint density at radius 3 is 2.55 bits per heavy atom. The summed E-state index contributed by atoms with van der Waals surface area (Å²) in [5.41, 5.74) is 4.39. The summed E-state index contributed by atoms with van der Waals surface area (Å²) >= 11 is 2.24. The van der Waals surface area contributed by atoms with Crippen LogP contribution in [0.25, 0.3) is 0 Å². The summed E-state index contributed by atoms with van der Waals surface area (Å²) < 4.78 is 1.14. The van der Waals surface area contributed by atoms with Crippen LogP contribution in [0.1, 0.15) is 34.3 Å². The molecule has 20 heavy (non-hydrogen) atoms. The van der Waals surface area contributed by atoms with E-state index in [0.29, 0.717) is 5.56 Å². The molecule has 0 bridgehead atoms. The summed E-state index contributed by atoms with van der Waals surface area (Å²) in [5.74, 6) is -0.0274. The van der Waals surface area contributed by atoms with Crippen LogP contribution in [-0.4, -0.2) is 5.91 Å². The predicted molar refractivity (Wildman–Crippen MR) is 90.2 cm³/mol. The quantitative estimate of drug-likeness (QED) is 0.772. The summed E-state index contributed by atoms with van der Waals surface area (Å²) in [6.07, 6.45) is 4.66. The average Bonchev–Trinajstić information content (AvgIpc) is 2.48. The van der Waals surface area contributed by atoms with Crippen LogP contribution >= 0.6 is 22.6 Å². The van der Waals surface area contributed by atoms with Crippen molar-refractivity contribution in [2.24, 2.45) is 0 Å². The molecule has 0 heterocycles. The van der Waals surface area contributed by atoms with Crippen molar-refractivity contribution in [3.63, 3.8) is 0 Å². The molecule has 2 nitrogen and oxygen atoms in total. The Bertz CT molecular complexity index is 634. The van der Waals surface area contributed by atoms with E-state index in [1.807, 2.05) is 36.4 Å². The van der Waals surface area contributed by atoms with Crippen molar-refractivity contribution in [3.8, 4) is 0 Å². The number of aryl methyl sites for hydroxylation is 1. The van der Waals surface area contributed by atoms with E-state index in [1.165, 1.54) is 24.0 Å². The largest absolute Gasteiger partial charge is 0.322 e. The third-order valence-corrected chi connectivity index (χ3v) is 4.47. The van der Waals surface area contributed by atoms with Crippen molar-refractivity contribution in [3.05, 3.63) is 62.7 Å². The van der Waals surface area contributed by atoms with Crippen LogP contribution in [0.15, 0.2) is 42.5 Å². The number of nitrogens with one attached hydrogen (secondary N) is 1. The molecule has 3 rings (SSSR count). The molecule has 1 aliphatic carbocycles. The summed E-state index contributed by atoms with van der Waals surface area (Å²) in [7, 11) is 0. The highest BCUT2D eigenvalue weighted by atomic mass is 127. The number of rotatable bonds is 2. The van der Waals surface area contributed by atoms with Gasteiger partial charge in [-0.05, 0) is 89.7 Å². The number of carbonyl (C=O) groups is 1. The number of amides is 1. The molecular weight excluding hydrogens is 361 g/mol. The maximum absolute atomic E-state index is 12.3. The van der Waals surface area contributed by atoms with Crippen LogP contribution in [-0.2, 0) is 12.8 Å². The first-order valence-electron chi connectivity index (χ1n) is 6.92. The van der Waals surface area contributed by atoms with E-state index >= 15 is 0 Å². The van der Waals surface area contributed by atoms with Gasteiger partial charge in [0.15, 0.2) is 0 Å². The fourth-order valence-electron chi connectivity index (χ4n) is 2.69. The summed E-state index contributed by atoms with van der Waals surface area (Å²) in [5, 5.41) is 3.06. The highest BCUT2D eigenvalue weighted by Crippen LogP contribution is 2.28. The lowest BCUT2D eigenvalue weighted by Crippen LogP contribution is -2.15. The van der Waals surface area contributed by atoms with E-state index in [1.54, 1.807) is 0 Å². The number of anilines is 1. The van der Waals surface area contributed by atoms with Gasteiger partial charge in [-0.3, -0.25) is 4.79 Å². The van der Waals surface area contributed by atoms with Crippen LogP contribution < -0.4 is 5.32 Å². The topological polar surface area (TPSA) is 29.1 Å². The number of fused-ring (bicyclic) bond motifs is 1. The van der Waals surface area contributed by atoms with Crippen molar-refractivity contribution < 1.29 is 4.79 Å². The van der Waals surface area contributed by atoms with Gasteiger partial charge in [-0.25, -0.2) is 0 Å². The average molecular weight is 377 g/mol. The number of hydrogen-bond donors (Lipinski definition) is 1. The minimum absolute atomic E-state index is 0.0274. The lowest BCUT2D eigenvalue weighted by atomic mass is 9.90. The van der Waals surface area contributed by atoms with Crippen molar-refractivity contribution in [2.75, 3.05) is 5.32 Å². The van der Waals surface area contributed by atoms with Crippen molar-refractivity contribution >= 4 is 34.2 Å². The molecule has 102 valence electrons. The van der Waals surface area contributed by atoms with Crippen LogP contribution in [0.5, 0.6) is 0 Å². The van der Waals surface area contributed by atoms with Gasteiger partial charge in [-0.2, -0.15) is 0 Å². The molecule has 0 aromatic heterocycles. The van der Waals surface area contributed by atoms with Gasteiger partial charge in [0.05, 0.1) is 0 Å². The lowest BCUT2D eigenvalue weighted by molar-refractivity contribution is 0.102. The Kier molecular flexibility index (Phi) is 4.05. The van der Waals surface area contributed by atoms with Crippen molar-refractivity contribution in [2.45, 2.75) is 25.7 Å². The van der Waals surface area contributed by atoms with Gasteiger partial charge in [-0.1, -0.05) is 12.1 Å². The molecule has 2 aromatic carbocycles. The Balaban J connectivity index is 1.84. The molecule has 0 saturated carbocycles. The maximum Gasteiger partial charge on any atom is 0.255 e. The summed E-state index contributed by atoms with van der Waals surface area (Å²) in [6.45, 7) is 0. The van der Waals surface area contributed by atoms with Crippen molar-refractivity contribution in [1.29, 1.82) is 0 Å². The summed E-state index contributed by atoms with van der Waals surface area (Å²) in [4.78, 5) is 12.3. The molecule has 1 amide bonds. The van der Waals surface area contributed by atoms with Gasteiger partial charge in [-0.15, -0.1) is 0 Å². The van der Waals surface area contributed by atoms with E-state index in [-0.39, 0.29) is 5.91 Å². The molecule has 0 spiro atoms. The molecule has 0 saturated heterocycles. The van der Waals surface area contributed by atoms with Crippen LogP contribution in [0, 0.1) is 3.57 Å². The van der Waals surface area contributed by atoms with E-state index in [4.69, 9.17) is 0 Å². The van der Waals surface area contributed by atoms with Gasteiger partial charge in [0, 0.05) is 14.8 Å². The van der Waals surface area contributed by atoms with Gasteiger partial charge in [0.25, 0.3) is 5.91 Å². The molecule has 0 radical (unpaired) electrons. The molecule has 0 fully saturated rings. The fourth-order valence-corrected chi connectivity index (χ4v) is 3.05. The van der Waals surface area contributed by atoms with E-state index < -0.39 is 0 Å². The molecule has 1 N–H and O–H groups in total. The Morgan fingerprint density at radius 2 is 1.75 bits per heavy atom. The monoisotopic (exact) mass is 377 g/mol. The molecule has 0 atom stereocenters. The smallest absolute Gasteiger partial charge is 0.255 e. The second kappa shape index (κ2) is 5.95. The van der Waals surface area contributed by atoms with Gasteiger partial charge < -0.3 is 5.32 Å². The predicted octanol–water partition coefficient (Wildman–Crippen LogP) is 4.42. The van der Waals surface area contributed by atoms with E-state index in [0.717, 1.165) is 22.1 Å². The van der Waals surface area contributed by atoms with Gasteiger partial charge in [0.2, 0.25) is 0 Å². The first-order valence-corrected chi connectivity index (χ1v) is 7.99. The first-order chi connectivity index (χ1) is 9.74. The number of carbonyl (C=O) groups excluding carboxylic acids is 1. The third kappa shape index (κ3) is 2.87. The first kappa shape index (κ1) is 13.6. The maximum atomic E-state index is 12.3. The number of hydrogen-bond acceptors (Lipinski definition) is 1.